The Morgan fingerprint density at radius 3 is 2.69 bits per heavy atom. The fraction of sp³-hybridized carbons (Fsp3) is 0.345. The number of carbonyl (C=O) groups is 1. The summed E-state index contributed by atoms with van der Waals surface area (Å²) in [6, 6.07) is 8.85. The zero-order chi connectivity index (χ0) is 28.4. The van der Waals surface area contributed by atoms with E-state index in [1.165, 1.54) is 24.0 Å². The molecule has 0 saturated carbocycles. The lowest BCUT2D eigenvalue weighted by molar-refractivity contribution is -0.303. The number of alkyl halides is 3. The third kappa shape index (κ3) is 9.08. The van der Waals surface area contributed by atoms with Gasteiger partial charge in [0, 0.05) is 37.0 Å². The molecule has 0 spiro atoms. The van der Waals surface area contributed by atoms with E-state index in [-0.39, 0.29) is 19.4 Å². The van der Waals surface area contributed by atoms with E-state index in [4.69, 9.17) is 9.84 Å². The van der Waals surface area contributed by atoms with Crippen LogP contribution in [0, 0.1) is 12.7 Å². The van der Waals surface area contributed by atoms with Crippen LogP contribution in [-0.4, -0.2) is 37.1 Å². The van der Waals surface area contributed by atoms with Crippen molar-refractivity contribution in [2.24, 2.45) is 0 Å². The molecule has 0 atom stereocenters. The number of benzene rings is 2. The van der Waals surface area contributed by atoms with E-state index in [0.717, 1.165) is 48.4 Å². The van der Waals surface area contributed by atoms with Gasteiger partial charge in [-0.05, 0) is 66.6 Å². The Hall–Kier alpha value is -3.95. The maximum atomic E-state index is 14.4. The molecule has 0 aromatic heterocycles. The van der Waals surface area contributed by atoms with Gasteiger partial charge in [-0.25, -0.2) is 4.39 Å². The maximum absolute atomic E-state index is 14.4. The second-order valence-corrected chi connectivity index (χ2v) is 9.03. The van der Waals surface area contributed by atoms with E-state index in [1.807, 2.05) is 6.92 Å². The number of nitrogens with one attached hydrogen (secondary N) is 1. The summed E-state index contributed by atoms with van der Waals surface area (Å²) < 4.78 is 61.2. The highest BCUT2D eigenvalue weighted by Gasteiger charge is 2.31. The number of aliphatic carboxylic acids is 1. The van der Waals surface area contributed by atoms with Gasteiger partial charge >= 0.3 is 12.3 Å². The molecular weight excluding hydrogens is 516 g/mol. The summed E-state index contributed by atoms with van der Waals surface area (Å²) in [5.74, 6) is -1.84. The molecule has 2 aromatic rings. The standard InChI is InChI=1S/C29H32F4N2O4/c1-3-5-25(39-29(31,32)33)13-16-38-17-15-35-14-4-6-22-7-8-23(20(2)28(22)35)19-34-24-11-9-21(26(30)18-24)10-12-27(36)37/h3,5,7-9,11,13,16,18,34H,1,4,6,10,12,14-15,17,19H2,2H3,(H,36,37)/b16-13+,25-5+. The van der Waals surface area contributed by atoms with Crippen LogP contribution >= 0.6 is 0 Å². The van der Waals surface area contributed by atoms with Crippen LogP contribution in [0.3, 0.4) is 0 Å². The minimum atomic E-state index is -4.81. The van der Waals surface area contributed by atoms with Gasteiger partial charge in [0.15, 0.2) is 0 Å². The van der Waals surface area contributed by atoms with Crippen LogP contribution in [0.2, 0.25) is 0 Å². The van der Waals surface area contributed by atoms with Crippen LogP contribution in [0.4, 0.5) is 28.9 Å². The molecular formula is C29H32F4N2O4. The smallest absolute Gasteiger partial charge is 0.499 e. The second-order valence-electron chi connectivity index (χ2n) is 9.03. The van der Waals surface area contributed by atoms with Gasteiger partial charge < -0.3 is 24.8 Å². The minimum Gasteiger partial charge on any atom is -0.499 e. The van der Waals surface area contributed by atoms with Gasteiger partial charge in [0.05, 0.1) is 12.8 Å². The van der Waals surface area contributed by atoms with Crippen LogP contribution in [0.15, 0.2) is 67.2 Å². The van der Waals surface area contributed by atoms with Crippen molar-refractivity contribution in [3.63, 3.8) is 0 Å². The van der Waals surface area contributed by atoms with Gasteiger partial charge in [-0.15, -0.1) is 13.2 Å². The van der Waals surface area contributed by atoms with E-state index in [2.05, 4.69) is 33.7 Å². The van der Waals surface area contributed by atoms with Crippen molar-refractivity contribution in [1.29, 1.82) is 0 Å². The SMILES string of the molecule is C=C/C=C(\C=C\OCCN1CCCc2ccc(CNc3ccc(CCC(=O)O)c(F)c3)c(C)c21)OC(F)(F)F. The zero-order valence-electron chi connectivity index (χ0n) is 21.7. The number of carboxylic acids is 1. The molecule has 39 heavy (non-hydrogen) atoms. The van der Waals surface area contributed by atoms with Gasteiger partial charge in [-0.3, -0.25) is 4.79 Å². The Labute approximate surface area is 225 Å². The van der Waals surface area contributed by atoms with E-state index in [1.54, 1.807) is 12.1 Å². The van der Waals surface area contributed by atoms with Crippen molar-refractivity contribution in [3.8, 4) is 0 Å². The highest BCUT2D eigenvalue weighted by Crippen LogP contribution is 2.33. The van der Waals surface area contributed by atoms with Crippen molar-refractivity contribution < 1.29 is 36.9 Å². The lowest BCUT2D eigenvalue weighted by Crippen LogP contribution is -2.33. The fourth-order valence-electron chi connectivity index (χ4n) is 4.45. The summed E-state index contributed by atoms with van der Waals surface area (Å²) in [5, 5.41) is 12.1. The number of hydrogen-bond donors (Lipinski definition) is 2. The van der Waals surface area contributed by atoms with Crippen molar-refractivity contribution >= 4 is 17.3 Å². The highest BCUT2D eigenvalue weighted by atomic mass is 19.4. The number of halogens is 4. The Morgan fingerprint density at radius 1 is 1.23 bits per heavy atom. The summed E-state index contributed by atoms with van der Waals surface area (Å²) in [5.41, 5.74) is 5.41. The van der Waals surface area contributed by atoms with Gasteiger partial charge in [0.1, 0.15) is 18.2 Å². The van der Waals surface area contributed by atoms with E-state index in [9.17, 15) is 22.4 Å². The van der Waals surface area contributed by atoms with Crippen LogP contribution in [0.25, 0.3) is 0 Å². The zero-order valence-corrected chi connectivity index (χ0v) is 21.7. The monoisotopic (exact) mass is 548 g/mol. The number of nitrogens with zero attached hydrogens (tertiary/aromatic N) is 1. The summed E-state index contributed by atoms with van der Waals surface area (Å²) in [6.07, 6.45) is 1.66. The van der Waals surface area contributed by atoms with Crippen molar-refractivity contribution in [2.45, 2.75) is 45.5 Å². The first-order chi connectivity index (χ1) is 18.6. The lowest BCUT2D eigenvalue weighted by Gasteiger charge is -2.33. The molecule has 1 heterocycles. The first-order valence-electron chi connectivity index (χ1n) is 12.5. The molecule has 210 valence electrons. The number of anilines is 2. The third-order valence-corrected chi connectivity index (χ3v) is 6.28. The average Bonchev–Trinajstić information content (AvgIpc) is 2.86. The number of fused-ring (bicyclic) bond motifs is 1. The molecule has 1 aliphatic rings. The number of ether oxygens (including phenoxy) is 2. The molecule has 2 aromatic carbocycles. The van der Waals surface area contributed by atoms with Crippen LogP contribution in [0.5, 0.6) is 0 Å². The van der Waals surface area contributed by atoms with Gasteiger partial charge in [0.25, 0.3) is 0 Å². The highest BCUT2D eigenvalue weighted by molar-refractivity contribution is 5.67. The number of allylic oxidation sites excluding steroid dienone is 3. The normalized spacial score (nSPS) is 13.8. The average molecular weight is 549 g/mol. The van der Waals surface area contributed by atoms with E-state index >= 15 is 0 Å². The lowest BCUT2D eigenvalue weighted by atomic mass is 9.94. The molecule has 0 bridgehead atoms. The Balaban J connectivity index is 1.61. The van der Waals surface area contributed by atoms with Crippen LogP contribution in [-0.2, 0) is 33.7 Å². The predicted molar refractivity (Wildman–Crippen MR) is 142 cm³/mol. The number of hydrogen-bond acceptors (Lipinski definition) is 5. The molecule has 0 unspecified atom stereocenters. The number of rotatable bonds is 13. The van der Waals surface area contributed by atoms with Crippen molar-refractivity contribution in [3.05, 3.63) is 95.2 Å². The molecule has 0 fully saturated rings. The molecule has 0 saturated heterocycles. The van der Waals surface area contributed by atoms with Crippen molar-refractivity contribution in [2.75, 3.05) is 29.9 Å². The first-order valence-corrected chi connectivity index (χ1v) is 12.5. The Kier molecular flexibility index (Phi) is 10.4. The number of carboxylic acid groups (broad SMARTS) is 1. The summed E-state index contributed by atoms with van der Waals surface area (Å²) in [6.45, 7) is 7.50. The van der Waals surface area contributed by atoms with E-state index < -0.39 is 23.9 Å². The molecule has 2 N–H and O–H groups in total. The molecule has 0 radical (unpaired) electrons. The molecule has 6 nitrogen and oxygen atoms in total. The topological polar surface area (TPSA) is 71.0 Å². The summed E-state index contributed by atoms with van der Waals surface area (Å²) in [4.78, 5) is 13.0. The van der Waals surface area contributed by atoms with Crippen LogP contribution < -0.4 is 10.2 Å². The number of aryl methyl sites for hydroxylation is 2. The maximum Gasteiger partial charge on any atom is 0.573 e. The van der Waals surface area contributed by atoms with Gasteiger partial charge in [-0.2, -0.15) is 0 Å². The Morgan fingerprint density at radius 2 is 2.00 bits per heavy atom. The predicted octanol–water partition coefficient (Wildman–Crippen LogP) is 6.65. The Bertz CT molecular complexity index is 1220. The van der Waals surface area contributed by atoms with Crippen LogP contribution in [0.1, 0.15) is 35.1 Å². The largest absolute Gasteiger partial charge is 0.573 e. The minimum absolute atomic E-state index is 0.129. The fourth-order valence-corrected chi connectivity index (χ4v) is 4.45. The summed E-state index contributed by atoms with van der Waals surface area (Å²) in [7, 11) is 0. The molecule has 1 aliphatic heterocycles. The van der Waals surface area contributed by atoms with Crippen molar-refractivity contribution in [1.82, 2.24) is 0 Å². The molecule has 10 heteroatoms. The molecule has 3 rings (SSSR count). The molecule has 0 aliphatic carbocycles. The van der Waals surface area contributed by atoms with Gasteiger partial charge in [0.2, 0.25) is 0 Å². The quantitative estimate of drug-likeness (QED) is 0.126. The van der Waals surface area contributed by atoms with E-state index in [0.29, 0.717) is 24.3 Å². The third-order valence-electron chi connectivity index (χ3n) is 6.28. The second kappa shape index (κ2) is 13.7. The van der Waals surface area contributed by atoms with Gasteiger partial charge in [-0.1, -0.05) is 30.9 Å². The summed E-state index contributed by atoms with van der Waals surface area (Å²) >= 11 is 0. The molecule has 0 amide bonds. The first kappa shape index (κ1) is 29.6.